The van der Waals surface area contributed by atoms with Gasteiger partial charge in [0, 0.05) is 40.8 Å². The van der Waals surface area contributed by atoms with E-state index in [2.05, 4.69) is 16.0 Å². The average Bonchev–Trinajstić information content (AvgIpc) is 2.97. The van der Waals surface area contributed by atoms with Crippen LogP contribution in [0.4, 0.5) is 11.5 Å². The van der Waals surface area contributed by atoms with E-state index >= 15 is 0 Å². The van der Waals surface area contributed by atoms with Crippen LogP contribution in [0.25, 0.3) is 0 Å². The molecule has 8 heteroatoms. The van der Waals surface area contributed by atoms with Gasteiger partial charge in [0.1, 0.15) is 5.82 Å². The van der Waals surface area contributed by atoms with Crippen molar-refractivity contribution in [3.05, 3.63) is 55.3 Å². The summed E-state index contributed by atoms with van der Waals surface area (Å²) in [6, 6.07) is 5.56. The van der Waals surface area contributed by atoms with Gasteiger partial charge < -0.3 is 19.9 Å². The largest absolute Gasteiger partial charge is 0.395 e. The van der Waals surface area contributed by atoms with Crippen LogP contribution in [0, 0.1) is 0 Å². The second-order valence-corrected chi connectivity index (χ2v) is 9.57. The first kappa shape index (κ1) is 20.9. The fraction of sp³-hybridized carbons (Fsp3) is 0.478. The molecule has 1 saturated heterocycles. The van der Waals surface area contributed by atoms with Crippen molar-refractivity contribution < 1.29 is 9.90 Å². The van der Waals surface area contributed by atoms with E-state index in [9.17, 15) is 14.7 Å². The van der Waals surface area contributed by atoms with E-state index in [1.165, 1.54) is 0 Å². The Morgan fingerprint density at radius 3 is 2.55 bits per heavy atom. The lowest BCUT2D eigenvalue weighted by atomic mass is 9.73. The lowest BCUT2D eigenvalue weighted by Crippen LogP contribution is -2.49. The molecule has 2 aliphatic heterocycles. The van der Waals surface area contributed by atoms with Gasteiger partial charge in [-0.05, 0) is 62.3 Å². The SMILES string of the molecule is O=C1N(CCO)c2cc(Cl)cc(Cl)c2C12CCN(c1cc3c(c(=O)[nH]1)CCCC3)CC2. The Morgan fingerprint density at radius 1 is 1.06 bits per heavy atom. The Balaban J connectivity index is 1.47. The monoisotopic (exact) mass is 461 g/mol. The summed E-state index contributed by atoms with van der Waals surface area (Å²) in [6.07, 6.45) is 5.15. The van der Waals surface area contributed by atoms with Gasteiger partial charge in [0.05, 0.1) is 17.7 Å². The number of anilines is 2. The van der Waals surface area contributed by atoms with Crippen molar-refractivity contribution in [1.82, 2.24) is 4.98 Å². The maximum Gasteiger partial charge on any atom is 0.252 e. The van der Waals surface area contributed by atoms with Gasteiger partial charge in [-0.1, -0.05) is 23.2 Å². The normalized spacial score (nSPS) is 19.6. The first-order chi connectivity index (χ1) is 14.9. The highest BCUT2D eigenvalue weighted by molar-refractivity contribution is 6.37. The van der Waals surface area contributed by atoms with Crippen LogP contribution in [0.2, 0.25) is 10.0 Å². The van der Waals surface area contributed by atoms with E-state index in [0.29, 0.717) is 41.7 Å². The quantitative estimate of drug-likeness (QED) is 0.733. The lowest BCUT2D eigenvalue weighted by Gasteiger charge is -2.39. The molecule has 31 heavy (non-hydrogen) atoms. The third-order valence-corrected chi connectivity index (χ3v) is 7.59. The minimum atomic E-state index is -0.725. The summed E-state index contributed by atoms with van der Waals surface area (Å²) in [5.41, 5.74) is 2.88. The van der Waals surface area contributed by atoms with Crippen LogP contribution >= 0.6 is 23.2 Å². The fourth-order valence-corrected chi connectivity index (χ4v) is 6.21. The number of nitrogens with one attached hydrogen (secondary N) is 1. The van der Waals surface area contributed by atoms with Gasteiger partial charge in [0.2, 0.25) is 5.91 Å². The number of H-pyrrole nitrogens is 1. The molecule has 0 radical (unpaired) electrons. The van der Waals surface area contributed by atoms with Crippen molar-refractivity contribution >= 4 is 40.6 Å². The fourth-order valence-electron chi connectivity index (χ4n) is 5.55. The van der Waals surface area contributed by atoms with E-state index in [-0.39, 0.29) is 24.6 Å². The molecule has 1 spiro atoms. The minimum absolute atomic E-state index is 0.0154. The number of aliphatic hydroxyl groups is 1. The van der Waals surface area contributed by atoms with Crippen molar-refractivity contribution in [1.29, 1.82) is 0 Å². The molecule has 2 N–H and O–H groups in total. The topological polar surface area (TPSA) is 76.6 Å². The number of aliphatic hydroxyl groups excluding tert-OH is 1. The van der Waals surface area contributed by atoms with Crippen LogP contribution < -0.4 is 15.4 Å². The number of aryl methyl sites for hydroxylation is 1. The molecular weight excluding hydrogens is 437 g/mol. The second kappa shape index (κ2) is 7.84. The number of amides is 1. The van der Waals surface area contributed by atoms with E-state index in [1.807, 2.05) is 0 Å². The second-order valence-electron chi connectivity index (χ2n) is 8.73. The number of halogens is 2. The number of carbonyl (C=O) groups is 1. The van der Waals surface area contributed by atoms with Crippen LogP contribution in [0.5, 0.6) is 0 Å². The number of aromatic nitrogens is 1. The summed E-state index contributed by atoms with van der Waals surface area (Å²) in [5, 5.41) is 10.5. The third-order valence-electron chi connectivity index (χ3n) is 7.08. The number of aromatic amines is 1. The van der Waals surface area contributed by atoms with Crippen molar-refractivity contribution in [3.8, 4) is 0 Å². The summed E-state index contributed by atoms with van der Waals surface area (Å²) in [5.74, 6) is 0.805. The molecule has 3 aliphatic rings. The highest BCUT2D eigenvalue weighted by Crippen LogP contribution is 2.52. The summed E-state index contributed by atoms with van der Waals surface area (Å²) in [7, 11) is 0. The van der Waals surface area contributed by atoms with Gasteiger partial charge in [-0.3, -0.25) is 9.59 Å². The Morgan fingerprint density at radius 2 is 1.81 bits per heavy atom. The summed E-state index contributed by atoms with van der Waals surface area (Å²) in [6.45, 7) is 1.34. The lowest BCUT2D eigenvalue weighted by molar-refractivity contribution is -0.124. The van der Waals surface area contributed by atoms with Crippen LogP contribution in [0.1, 0.15) is 42.4 Å². The Labute approximate surface area is 190 Å². The number of rotatable bonds is 3. The first-order valence-corrected chi connectivity index (χ1v) is 11.6. The average molecular weight is 462 g/mol. The summed E-state index contributed by atoms with van der Waals surface area (Å²) >= 11 is 12.8. The van der Waals surface area contributed by atoms with Gasteiger partial charge in [0.25, 0.3) is 5.56 Å². The maximum atomic E-state index is 13.5. The van der Waals surface area contributed by atoms with Crippen LogP contribution in [0.15, 0.2) is 23.0 Å². The molecule has 1 aliphatic carbocycles. The molecule has 5 rings (SSSR count). The van der Waals surface area contributed by atoms with Gasteiger partial charge in [-0.25, -0.2) is 0 Å². The Kier molecular flexibility index (Phi) is 5.27. The predicted octanol–water partition coefficient (Wildman–Crippen LogP) is 3.44. The molecule has 3 heterocycles. The minimum Gasteiger partial charge on any atom is -0.395 e. The Bertz CT molecular complexity index is 1110. The van der Waals surface area contributed by atoms with Crippen molar-refractivity contribution in [3.63, 3.8) is 0 Å². The molecule has 1 aromatic carbocycles. The summed E-state index contributed by atoms with van der Waals surface area (Å²) < 4.78 is 0. The number of hydrogen-bond acceptors (Lipinski definition) is 4. The zero-order valence-corrected chi connectivity index (χ0v) is 18.7. The van der Waals surface area contributed by atoms with Crippen molar-refractivity contribution in [2.24, 2.45) is 0 Å². The van der Waals surface area contributed by atoms with Gasteiger partial charge in [0.15, 0.2) is 0 Å². The number of benzene rings is 1. The highest BCUT2D eigenvalue weighted by atomic mass is 35.5. The number of carbonyl (C=O) groups excluding carboxylic acids is 1. The first-order valence-electron chi connectivity index (χ1n) is 10.9. The highest BCUT2D eigenvalue weighted by Gasteiger charge is 2.53. The van der Waals surface area contributed by atoms with E-state index in [1.54, 1.807) is 17.0 Å². The van der Waals surface area contributed by atoms with Crippen LogP contribution in [-0.2, 0) is 23.1 Å². The zero-order chi connectivity index (χ0) is 21.8. The molecule has 1 aromatic heterocycles. The van der Waals surface area contributed by atoms with Crippen LogP contribution in [-0.4, -0.2) is 42.2 Å². The molecule has 0 atom stereocenters. The predicted molar refractivity (Wildman–Crippen MR) is 123 cm³/mol. The number of nitrogens with zero attached hydrogens (tertiary/aromatic N) is 2. The number of piperidine rings is 1. The van der Waals surface area contributed by atoms with Crippen molar-refractivity contribution in [2.45, 2.75) is 43.9 Å². The molecule has 164 valence electrons. The number of hydrogen-bond donors (Lipinski definition) is 2. The molecule has 1 amide bonds. The maximum absolute atomic E-state index is 13.5. The van der Waals surface area contributed by atoms with E-state index < -0.39 is 5.41 Å². The number of pyridine rings is 1. The molecule has 6 nitrogen and oxygen atoms in total. The molecule has 0 bridgehead atoms. The molecule has 0 saturated carbocycles. The molecule has 1 fully saturated rings. The molecule has 0 unspecified atom stereocenters. The third kappa shape index (κ3) is 3.27. The zero-order valence-electron chi connectivity index (χ0n) is 17.2. The number of β-amino-alcohol motifs (C(OH)–C–C–N with tert-alkyl or cyclic N) is 1. The van der Waals surface area contributed by atoms with Crippen LogP contribution in [0.3, 0.4) is 0 Å². The van der Waals surface area contributed by atoms with Gasteiger partial charge in [-0.15, -0.1) is 0 Å². The molecule has 2 aromatic rings. The van der Waals surface area contributed by atoms with Gasteiger partial charge in [-0.2, -0.15) is 0 Å². The molecular formula is C23H25Cl2N3O3. The van der Waals surface area contributed by atoms with E-state index in [4.69, 9.17) is 23.2 Å². The van der Waals surface area contributed by atoms with Crippen molar-refractivity contribution in [2.75, 3.05) is 36.0 Å². The van der Waals surface area contributed by atoms with Gasteiger partial charge >= 0.3 is 0 Å². The van der Waals surface area contributed by atoms with E-state index in [0.717, 1.165) is 48.2 Å². The number of fused-ring (bicyclic) bond motifs is 3. The standard InChI is InChI=1S/C23H25Cl2N3O3/c24-15-12-17(25)20-18(13-15)28(9-10-29)22(31)23(20)5-7-27(8-6-23)19-11-14-3-1-2-4-16(14)21(30)26-19/h11-13,29H,1-10H2,(H,26,30). The summed E-state index contributed by atoms with van der Waals surface area (Å²) in [4.78, 5) is 32.9. The smallest absolute Gasteiger partial charge is 0.252 e. The Hall–Kier alpha value is -2.02.